The maximum Gasteiger partial charge on any atom is 0.244 e. The minimum atomic E-state index is -1.03. The number of aliphatic hydroxyl groups is 1. The predicted molar refractivity (Wildman–Crippen MR) is 104 cm³/mol. The fourth-order valence-corrected chi connectivity index (χ4v) is 3.21. The summed E-state index contributed by atoms with van der Waals surface area (Å²) in [4.78, 5) is 25.6. The molecule has 2 rings (SSSR count). The number of hydrogen-bond donors (Lipinski definition) is 3. The molecule has 0 radical (unpaired) electrons. The molecule has 0 aliphatic heterocycles. The van der Waals surface area contributed by atoms with E-state index < -0.39 is 18.6 Å². The number of anilines is 1. The third-order valence-electron chi connectivity index (χ3n) is 3.49. The molecule has 136 valence electrons. The zero-order valence-corrected chi connectivity index (χ0v) is 16.3. The lowest BCUT2D eigenvalue weighted by Gasteiger charge is -2.10. The Morgan fingerprint density at radius 2 is 1.80 bits per heavy atom. The van der Waals surface area contributed by atoms with E-state index in [-0.39, 0.29) is 5.78 Å². The van der Waals surface area contributed by atoms with Crippen molar-refractivity contribution in [3.05, 3.63) is 50.9 Å². The third kappa shape index (κ3) is 5.12. The van der Waals surface area contributed by atoms with Crippen molar-refractivity contribution >= 4 is 39.6 Å². The van der Waals surface area contributed by atoms with Gasteiger partial charge in [0, 0.05) is 15.5 Å². The van der Waals surface area contributed by atoms with Crippen molar-refractivity contribution in [2.24, 2.45) is 5.73 Å². The molecule has 1 atom stereocenters. The Morgan fingerprint density at radius 1 is 1.24 bits per heavy atom. The first-order chi connectivity index (χ1) is 11.8. The molecule has 0 aliphatic rings. The summed E-state index contributed by atoms with van der Waals surface area (Å²) in [7, 11) is 0. The summed E-state index contributed by atoms with van der Waals surface area (Å²) in [5.74, 6) is -0.727. The van der Waals surface area contributed by atoms with Gasteiger partial charge in [0.25, 0.3) is 0 Å². The molecule has 0 saturated carbocycles. The van der Waals surface area contributed by atoms with Gasteiger partial charge in [-0.05, 0) is 43.7 Å². The Bertz CT molecular complexity index is 742. The first-order valence-electron chi connectivity index (χ1n) is 7.92. The Kier molecular flexibility index (Phi) is 8.25. The van der Waals surface area contributed by atoms with Crippen LogP contribution < -0.4 is 11.1 Å². The van der Waals surface area contributed by atoms with Gasteiger partial charge >= 0.3 is 0 Å². The molecule has 0 saturated heterocycles. The molecule has 0 unspecified atom stereocenters. The van der Waals surface area contributed by atoms with E-state index >= 15 is 0 Å². The molecule has 25 heavy (non-hydrogen) atoms. The lowest BCUT2D eigenvalue weighted by Crippen LogP contribution is -2.38. The number of nitrogens with one attached hydrogen (secondary N) is 1. The highest BCUT2D eigenvalue weighted by Gasteiger charge is 2.23. The molecule has 4 N–H and O–H groups in total. The van der Waals surface area contributed by atoms with Crippen LogP contribution in [0.25, 0.3) is 0 Å². The van der Waals surface area contributed by atoms with Crippen LogP contribution in [0.1, 0.15) is 40.2 Å². The van der Waals surface area contributed by atoms with Crippen LogP contribution in [0.3, 0.4) is 0 Å². The normalized spacial score (nSPS) is 11.3. The van der Waals surface area contributed by atoms with Gasteiger partial charge in [0.2, 0.25) is 5.91 Å². The quantitative estimate of drug-likeness (QED) is 0.689. The van der Waals surface area contributed by atoms with Gasteiger partial charge in [-0.2, -0.15) is 0 Å². The third-order valence-corrected chi connectivity index (χ3v) is 4.86. The van der Waals surface area contributed by atoms with Crippen molar-refractivity contribution in [2.45, 2.75) is 33.7 Å². The molecule has 1 amide bonds. The van der Waals surface area contributed by atoms with Crippen molar-refractivity contribution in [3.8, 4) is 0 Å². The number of ketones is 1. The number of aliphatic hydroxyl groups excluding tert-OH is 1. The molecule has 1 aromatic carbocycles. The molecule has 1 aromatic heterocycles. The number of hydrogen-bond acceptors (Lipinski definition) is 5. The van der Waals surface area contributed by atoms with Crippen molar-refractivity contribution in [2.75, 3.05) is 11.9 Å². The van der Waals surface area contributed by atoms with E-state index in [2.05, 4.69) is 5.32 Å². The van der Waals surface area contributed by atoms with E-state index in [1.807, 2.05) is 27.7 Å². The van der Waals surface area contributed by atoms with E-state index in [0.717, 1.165) is 10.4 Å². The van der Waals surface area contributed by atoms with Crippen LogP contribution in [0.4, 0.5) is 5.00 Å². The van der Waals surface area contributed by atoms with Gasteiger partial charge in [0.1, 0.15) is 11.0 Å². The molecule has 5 nitrogen and oxygen atoms in total. The Morgan fingerprint density at radius 3 is 2.32 bits per heavy atom. The topological polar surface area (TPSA) is 92.4 Å². The minimum absolute atomic E-state index is 0.198. The number of nitrogens with two attached hydrogens (primary N) is 1. The van der Waals surface area contributed by atoms with Crippen LogP contribution in [0.5, 0.6) is 0 Å². The van der Waals surface area contributed by atoms with E-state index in [0.29, 0.717) is 21.2 Å². The lowest BCUT2D eigenvalue weighted by molar-refractivity contribution is -0.118. The van der Waals surface area contributed by atoms with Crippen LogP contribution >= 0.6 is 22.9 Å². The predicted octanol–water partition coefficient (Wildman–Crippen LogP) is 3.53. The first-order valence-corrected chi connectivity index (χ1v) is 9.12. The van der Waals surface area contributed by atoms with Gasteiger partial charge in [0.15, 0.2) is 5.78 Å². The summed E-state index contributed by atoms with van der Waals surface area (Å²) in [6.07, 6.45) is 0. The zero-order valence-electron chi connectivity index (χ0n) is 14.7. The molecular weight excluding hydrogens is 360 g/mol. The van der Waals surface area contributed by atoms with Gasteiger partial charge in [0.05, 0.1) is 12.2 Å². The summed E-state index contributed by atoms with van der Waals surface area (Å²) in [5.41, 5.74) is 7.24. The van der Waals surface area contributed by atoms with E-state index in [9.17, 15) is 9.59 Å². The molecular formula is C18H23ClN2O3S. The van der Waals surface area contributed by atoms with Crippen molar-refractivity contribution in [1.82, 2.24) is 0 Å². The Balaban J connectivity index is 0.00000151. The number of thiophene rings is 1. The Hall–Kier alpha value is -1.73. The first kappa shape index (κ1) is 21.3. The van der Waals surface area contributed by atoms with E-state index in [4.69, 9.17) is 22.4 Å². The Labute approximate surface area is 156 Å². The molecule has 1 heterocycles. The lowest BCUT2D eigenvalue weighted by atomic mass is 10.0. The molecule has 0 aliphatic carbocycles. The summed E-state index contributed by atoms with van der Waals surface area (Å²) in [6, 6.07) is 5.54. The number of halogens is 1. The van der Waals surface area contributed by atoms with Gasteiger partial charge < -0.3 is 16.2 Å². The maximum absolute atomic E-state index is 12.8. The minimum Gasteiger partial charge on any atom is -0.394 e. The van der Waals surface area contributed by atoms with E-state index in [1.54, 1.807) is 24.3 Å². The number of aryl methyl sites for hydroxylation is 1. The monoisotopic (exact) mass is 382 g/mol. The molecule has 2 aromatic rings. The number of carbonyl (C=O) groups is 2. The second kappa shape index (κ2) is 9.68. The van der Waals surface area contributed by atoms with Crippen molar-refractivity contribution in [3.63, 3.8) is 0 Å². The molecule has 0 fully saturated rings. The molecule has 0 bridgehead atoms. The maximum atomic E-state index is 12.8. The summed E-state index contributed by atoms with van der Waals surface area (Å²) >= 11 is 7.15. The number of rotatable bonds is 5. The fourth-order valence-electron chi connectivity index (χ4n) is 2.02. The van der Waals surface area contributed by atoms with Crippen LogP contribution in [0.2, 0.25) is 5.02 Å². The number of amides is 1. The SMILES string of the molecule is CC.Cc1sc(NC(=O)[C@@H](N)CO)c(C(=O)c2ccc(Cl)cc2)c1C. The largest absolute Gasteiger partial charge is 0.394 e. The fraction of sp³-hybridized carbons (Fsp3) is 0.333. The van der Waals surface area contributed by atoms with Gasteiger partial charge in [-0.15, -0.1) is 11.3 Å². The van der Waals surface area contributed by atoms with Gasteiger partial charge in [-0.25, -0.2) is 0 Å². The summed E-state index contributed by atoms with van der Waals surface area (Å²) in [5, 5.41) is 12.6. The average Bonchev–Trinajstić information content (AvgIpc) is 2.89. The number of carbonyl (C=O) groups excluding carboxylic acids is 2. The van der Waals surface area contributed by atoms with Crippen LogP contribution in [-0.2, 0) is 4.79 Å². The highest BCUT2D eigenvalue weighted by molar-refractivity contribution is 7.16. The van der Waals surface area contributed by atoms with Crippen molar-refractivity contribution in [1.29, 1.82) is 0 Å². The molecule has 7 heteroatoms. The van der Waals surface area contributed by atoms with Crippen LogP contribution in [-0.4, -0.2) is 29.4 Å². The number of benzene rings is 1. The van der Waals surface area contributed by atoms with Gasteiger partial charge in [-0.1, -0.05) is 25.4 Å². The average molecular weight is 383 g/mol. The second-order valence-corrected chi connectivity index (χ2v) is 6.76. The summed E-state index contributed by atoms with van der Waals surface area (Å²) in [6.45, 7) is 7.24. The summed E-state index contributed by atoms with van der Waals surface area (Å²) < 4.78 is 0. The zero-order chi connectivity index (χ0) is 19.1. The van der Waals surface area contributed by atoms with Crippen molar-refractivity contribution < 1.29 is 14.7 Å². The molecule has 0 spiro atoms. The second-order valence-electron chi connectivity index (χ2n) is 5.10. The standard InChI is InChI=1S/C16H17ClN2O3S.C2H6/c1-8-9(2)23-16(19-15(22)12(18)7-20)13(8)14(21)10-3-5-11(17)6-4-10;1-2/h3-6,12,20H,7,18H2,1-2H3,(H,19,22);1-2H3/t12-;/m0./s1. The van der Waals surface area contributed by atoms with Gasteiger partial charge in [-0.3, -0.25) is 9.59 Å². The highest BCUT2D eigenvalue weighted by Crippen LogP contribution is 2.34. The smallest absolute Gasteiger partial charge is 0.244 e. The van der Waals surface area contributed by atoms with E-state index in [1.165, 1.54) is 11.3 Å². The highest BCUT2D eigenvalue weighted by atomic mass is 35.5. The van der Waals surface area contributed by atoms with Crippen LogP contribution in [0.15, 0.2) is 24.3 Å². The van der Waals surface area contributed by atoms with Crippen LogP contribution in [0, 0.1) is 13.8 Å².